The molecule has 2 heterocycles. The van der Waals surface area contributed by atoms with Crippen LogP contribution in [0.4, 0.5) is 0 Å². The van der Waals surface area contributed by atoms with Crippen molar-refractivity contribution in [2.45, 2.75) is 12.8 Å². The van der Waals surface area contributed by atoms with E-state index in [0.717, 1.165) is 45.7 Å². The van der Waals surface area contributed by atoms with Gasteiger partial charge in [-0.15, -0.1) is 0 Å². The van der Waals surface area contributed by atoms with Gasteiger partial charge in [0, 0.05) is 32.7 Å². The van der Waals surface area contributed by atoms with Gasteiger partial charge in [0.2, 0.25) is 0 Å². The predicted octanol–water partition coefficient (Wildman–Crippen LogP) is 1.24. The average molecular weight is 358 g/mol. The van der Waals surface area contributed by atoms with E-state index < -0.39 is 0 Å². The highest BCUT2D eigenvalue weighted by atomic mass is 16.2. The van der Waals surface area contributed by atoms with E-state index in [1.54, 1.807) is 12.1 Å². The summed E-state index contributed by atoms with van der Waals surface area (Å²) in [6.07, 6.45) is 2.05. The molecule has 142 valence electrons. The normalized spacial score (nSPS) is 18.8. The van der Waals surface area contributed by atoms with Gasteiger partial charge in [-0.05, 0) is 58.7 Å². The molecule has 1 saturated heterocycles. The lowest BCUT2D eigenvalue weighted by Gasteiger charge is -2.35. The summed E-state index contributed by atoms with van der Waals surface area (Å²) in [4.78, 5) is 33.3. The number of hydrogen-bond acceptors (Lipinski definition) is 5. The number of piperazine rings is 1. The van der Waals surface area contributed by atoms with Crippen molar-refractivity contribution < 1.29 is 9.59 Å². The van der Waals surface area contributed by atoms with Crippen LogP contribution in [0.3, 0.4) is 0 Å². The first kappa shape index (κ1) is 19.0. The van der Waals surface area contributed by atoms with E-state index in [-0.39, 0.29) is 11.8 Å². The molecule has 0 atom stereocenters. The fourth-order valence-electron chi connectivity index (χ4n) is 3.74. The monoisotopic (exact) mass is 358 g/mol. The van der Waals surface area contributed by atoms with Crippen molar-refractivity contribution in [3.63, 3.8) is 0 Å². The van der Waals surface area contributed by atoms with E-state index in [1.807, 2.05) is 12.1 Å². The first-order valence-corrected chi connectivity index (χ1v) is 9.61. The molecule has 2 aliphatic rings. The van der Waals surface area contributed by atoms with Gasteiger partial charge in [0.25, 0.3) is 11.8 Å². The Morgan fingerprint density at radius 1 is 0.808 bits per heavy atom. The molecule has 1 aromatic rings. The molecule has 0 unspecified atom stereocenters. The summed E-state index contributed by atoms with van der Waals surface area (Å²) < 4.78 is 0. The number of hydrogen-bond donors (Lipinski definition) is 0. The summed E-state index contributed by atoms with van der Waals surface area (Å²) in [6, 6.07) is 7.10. The number of carbonyl (C=O) groups excluding carboxylic acids is 2. The Bertz CT molecular complexity index is 603. The summed E-state index contributed by atoms with van der Waals surface area (Å²) >= 11 is 0. The Kier molecular flexibility index (Phi) is 6.40. The molecule has 0 bridgehead atoms. The smallest absolute Gasteiger partial charge is 0.261 e. The van der Waals surface area contributed by atoms with Gasteiger partial charge in [0.1, 0.15) is 0 Å². The zero-order valence-electron chi connectivity index (χ0n) is 16.0. The Morgan fingerprint density at radius 3 is 1.81 bits per heavy atom. The van der Waals surface area contributed by atoms with Crippen LogP contribution in [0.15, 0.2) is 24.3 Å². The lowest BCUT2D eigenvalue weighted by molar-refractivity contribution is 0.0640. The fraction of sp³-hybridized carbons (Fsp3) is 0.600. The number of nitrogens with zero attached hydrogens (tertiary/aromatic N) is 4. The maximum atomic E-state index is 12.4. The SMILES string of the molecule is CN(C)CCCN1CCN(CCCN2C(=O)c3ccccc3C2=O)CC1. The van der Waals surface area contributed by atoms with E-state index in [0.29, 0.717) is 17.7 Å². The number of imide groups is 1. The molecule has 0 N–H and O–H groups in total. The number of amides is 2. The van der Waals surface area contributed by atoms with Gasteiger partial charge < -0.3 is 14.7 Å². The van der Waals surface area contributed by atoms with Crippen LogP contribution >= 0.6 is 0 Å². The van der Waals surface area contributed by atoms with Gasteiger partial charge in [0.15, 0.2) is 0 Å². The van der Waals surface area contributed by atoms with Crippen molar-refractivity contribution in [3.05, 3.63) is 35.4 Å². The van der Waals surface area contributed by atoms with Crippen LogP contribution in [0.5, 0.6) is 0 Å². The van der Waals surface area contributed by atoms with Crippen LogP contribution in [0.2, 0.25) is 0 Å². The van der Waals surface area contributed by atoms with Crippen LogP contribution < -0.4 is 0 Å². The Morgan fingerprint density at radius 2 is 1.31 bits per heavy atom. The summed E-state index contributed by atoms with van der Waals surface area (Å²) in [5.41, 5.74) is 1.09. The predicted molar refractivity (Wildman–Crippen MR) is 102 cm³/mol. The van der Waals surface area contributed by atoms with Crippen molar-refractivity contribution >= 4 is 11.8 Å². The van der Waals surface area contributed by atoms with Gasteiger partial charge in [-0.3, -0.25) is 14.5 Å². The molecule has 3 rings (SSSR count). The number of rotatable bonds is 8. The van der Waals surface area contributed by atoms with Crippen LogP contribution in [-0.4, -0.2) is 97.9 Å². The first-order valence-electron chi connectivity index (χ1n) is 9.61. The zero-order valence-corrected chi connectivity index (χ0v) is 16.0. The topological polar surface area (TPSA) is 47.1 Å². The minimum absolute atomic E-state index is 0.142. The molecule has 6 nitrogen and oxygen atoms in total. The van der Waals surface area contributed by atoms with Gasteiger partial charge in [-0.2, -0.15) is 0 Å². The number of benzene rings is 1. The van der Waals surface area contributed by atoms with Crippen molar-refractivity contribution in [2.75, 3.05) is 66.5 Å². The summed E-state index contributed by atoms with van der Waals surface area (Å²) in [5, 5.41) is 0. The quantitative estimate of drug-likeness (QED) is 0.655. The van der Waals surface area contributed by atoms with Crippen LogP contribution in [0.25, 0.3) is 0 Å². The molecule has 0 spiro atoms. The highest BCUT2D eigenvalue weighted by molar-refractivity contribution is 6.21. The highest BCUT2D eigenvalue weighted by Crippen LogP contribution is 2.22. The van der Waals surface area contributed by atoms with Crippen molar-refractivity contribution in [1.82, 2.24) is 19.6 Å². The lowest BCUT2D eigenvalue weighted by atomic mass is 10.1. The molecule has 1 fully saturated rings. The standard InChI is InChI=1S/C20H30N4O2/c1-21(2)9-5-10-22-13-15-23(16-14-22)11-6-12-24-19(25)17-7-3-4-8-18(17)20(24)26/h3-4,7-8H,5-6,9-16H2,1-2H3. The van der Waals surface area contributed by atoms with E-state index >= 15 is 0 Å². The largest absolute Gasteiger partial charge is 0.309 e. The molecule has 6 heteroatoms. The van der Waals surface area contributed by atoms with E-state index in [4.69, 9.17) is 0 Å². The van der Waals surface area contributed by atoms with Gasteiger partial charge in [-0.25, -0.2) is 0 Å². The molecular formula is C20H30N4O2. The molecule has 0 saturated carbocycles. The van der Waals surface area contributed by atoms with Crippen molar-refractivity contribution in [2.24, 2.45) is 0 Å². The van der Waals surface area contributed by atoms with Crippen LogP contribution in [0, 0.1) is 0 Å². The minimum Gasteiger partial charge on any atom is -0.309 e. The second kappa shape index (κ2) is 8.75. The van der Waals surface area contributed by atoms with Gasteiger partial charge >= 0.3 is 0 Å². The second-order valence-electron chi connectivity index (χ2n) is 7.50. The zero-order chi connectivity index (χ0) is 18.5. The van der Waals surface area contributed by atoms with E-state index in [2.05, 4.69) is 28.8 Å². The maximum absolute atomic E-state index is 12.4. The maximum Gasteiger partial charge on any atom is 0.261 e. The molecule has 0 radical (unpaired) electrons. The minimum atomic E-state index is -0.142. The molecule has 1 aromatic carbocycles. The third-order valence-corrected chi connectivity index (χ3v) is 5.28. The molecule has 0 aliphatic carbocycles. The van der Waals surface area contributed by atoms with Crippen LogP contribution in [-0.2, 0) is 0 Å². The first-order chi connectivity index (χ1) is 12.6. The Labute approximate surface area is 156 Å². The summed E-state index contributed by atoms with van der Waals surface area (Å²) in [6.45, 7) is 8.13. The lowest BCUT2D eigenvalue weighted by Crippen LogP contribution is -2.47. The highest BCUT2D eigenvalue weighted by Gasteiger charge is 2.34. The summed E-state index contributed by atoms with van der Waals surface area (Å²) in [5.74, 6) is -0.285. The Hall–Kier alpha value is -1.76. The number of carbonyl (C=O) groups is 2. The third-order valence-electron chi connectivity index (χ3n) is 5.28. The average Bonchev–Trinajstić information content (AvgIpc) is 2.88. The van der Waals surface area contributed by atoms with Crippen molar-refractivity contribution in [3.8, 4) is 0 Å². The third kappa shape index (κ3) is 4.50. The van der Waals surface area contributed by atoms with Gasteiger partial charge in [0.05, 0.1) is 11.1 Å². The molecule has 26 heavy (non-hydrogen) atoms. The number of fused-ring (bicyclic) bond motifs is 1. The second-order valence-corrected chi connectivity index (χ2v) is 7.50. The fourth-order valence-corrected chi connectivity index (χ4v) is 3.74. The van der Waals surface area contributed by atoms with Crippen LogP contribution in [0.1, 0.15) is 33.6 Å². The van der Waals surface area contributed by atoms with E-state index in [9.17, 15) is 9.59 Å². The van der Waals surface area contributed by atoms with Crippen molar-refractivity contribution in [1.29, 1.82) is 0 Å². The summed E-state index contributed by atoms with van der Waals surface area (Å²) in [7, 11) is 4.23. The molecule has 0 aromatic heterocycles. The molecule has 2 aliphatic heterocycles. The molecular weight excluding hydrogens is 328 g/mol. The van der Waals surface area contributed by atoms with E-state index in [1.165, 1.54) is 17.9 Å². The Balaban J connectivity index is 1.36. The van der Waals surface area contributed by atoms with Gasteiger partial charge in [-0.1, -0.05) is 12.1 Å². The molecule has 2 amide bonds.